The summed E-state index contributed by atoms with van der Waals surface area (Å²) in [6, 6.07) is 16.7. The van der Waals surface area contributed by atoms with Crippen molar-refractivity contribution < 1.29 is 18.3 Å². The fourth-order valence-corrected chi connectivity index (χ4v) is 3.88. The van der Waals surface area contributed by atoms with Gasteiger partial charge in [-0.05, 0) is 73.2 Å². The van der Waals surface area contributed by atoms with Crippen molar-refractivity contribution in [3.63, 3.8) is 0 Å². The van der Waals surface area contributed by atoms with Crippen LogP contribution in [0.3, 0.4) is 0 Å². The highest BCUT2D eigenvalue weighted by Gasteiger charge is 2.36. The Labute approximate surface area is 175 Å². The lowest BCUT2D eigenvalue weighted by Crippen LogP contribution is -2.31. The second-order valence-corrected chi connectivity index (χ2v) is 7.72. The molecule has 5 aromatic rings. The summed E-state index contributed by atoms with van der Waals surface area (Å²) >= 11 is 0. The molecule has 31 heavy (non-hydrogen) atoms. The summed E-state index contributed by atoms with van der Waals surface area (Å²) in [5.41, 5.74) is 0.426. The van der Waals surface area contributed by atoms with Gasteiger partial charge in [-0.1, -0.05) is 6.07 Å². The number of alkyl halides is 1. The number of halogens is 3. The maximum absolute atomic E-state index is 15.5. The Balaban J connectivity index is 1.53. The summed E-state index contributed by atoms with van der Waals surface area (Å²) in [6.45, 7) is 1.40. The molecule has 156 valence electrons. The minimum absolute atomic E-state index is 0.340. The van der Waals surface area contributed by atoms with Crippen molar-refractivity contribution in [2.24, 2.45) is 0 Å². The van der Waals surface area contributed by atoms with E-state index in [1.165, 1.54) is 48.0 Å². The molecule has 0 fully saturated rings. The predicted octanol–water partition coefficient (Wildman–Crippen LogP) is 5.63. The third-order valence-electron chi connectivity index (χ3n) is 5.61. The van der Waals surface area contributed by atoms with Crippen molar-refractivity contribution in [2.45, 2.75) is 18.8 Å². The van der Waals surface area contributed by atoms with Gasteiger partial charge in [0.05, 0.1) is 22.9 Å². The Kier molecular flexibility index (Phi) is 4.37. The standard InChI is InChI=1S/C24H18F3N3O/c1-24(31,23(27)29-11-10-15-13-19(26)5-9-21(15)29)17-2-8-22-16(12-17)14-28-30(22)20-6-3-18(25)4-7-20/h2-14,23,31H,1H3. The first kappa shape index (κ1) is 19.4. The summed E-state index contributed by atoms with van der Waals surface area (Å²) in [5.74, 6) is -0.746. The minimum atomic E-state index is -1.85. The molecule has 5 rings (SSSR count). The van der Waals surface area contributed by atoms with Gasteiger partial charge < -0.3 is 9.67 Å². The largest absolute Gasteiger partial charge is 0.380 e. The Morgan fingerprint density at radius 2 is 1.58 bits per heavy atom. The van der Waals surface area contributed by atoms with Crippen LogP contribution in [0.2, 0.25) is 0 Å². The van der Waals surface area contributed by atoms with Crippen molar-refractivity contribution in [3.05, 3.63) is 96.3 Å². The molecule has 0 bridgehead atoms. The lowest BCUT2D eigenvalue weighted by molar-refractivity contribution is -0.0585. The van der Waals surface area contributed by atoms with Crippen molar-refractivity contribution in [1.29, 1.82) is 0 Å². The molecule has 3 aromatic carbocycles. The van der Waals surface area contributed by atoms with E-state index in [0.29, 0.717) is 27.5 Å². The van der Waals surface area contributed by atoms with Crippen LogP contribution >= 0.6 is 0 Å². The normalized spacial score (nSPS) is 14.7. The molecule has 2 aromatic heterocycles. The lowest BCUT2D eigenvalue weighted by Gasteiger charge is -2.29. The summed E-state index contributed by atoms with van der Waals surface area (Å²) in [7, 11) is 0. The van der Waals surface area contributed by atoms with E-state index >= 15 is 4.39 Å². The first-order valence-corrected chi connectivity index (χ1v) is 9.71. The highest BCUT2D eigenvalue weighted by molar-refractivity contribution is 5.82. The summed E-state index contributed by atoms with van der Waals surface area (Å²) < 4.78 is 45.2. The molecule has 2 unspecified atom stereocenters. The zero-order valence-corrected chi connectivity index (χ0v) is 16.5. The molecule has 0 amide bonds. The molecule has 0 spiro atoms. The third kappa shape index (κ3) is 3.18. The molecular formula is C24H18F3N3O. The number of nitrogens with zero attached hydrogens (tertiary/aromatic N) is 3. The molecule has 0 saturated carbocycles. The smallest absolute Gasteiger partial charge is 0.209 e. The monoisotopic (exact) mass is 421 g/mol. The van der Waals surface area contributed by atoms with Gasteiger partial charge in [-0.3, -0.25) is 0 Å². The number of aliphatic hydroxyl groups is 1. The van der Waals surface area contributed by atoms with Crippen LogP contribution in [0.4, 0.5) is 13.2 Å². The molecule has 0 aliphatic rings. The zero-order chi connectivity index (χ0) is 21.8. The minimum Gasteiger partial charge on any atom is -0.380 e. The van der Waals surface area contributed by atoms with Crippen LogP contribution in [-0.2, 0) is 5.60 Å². The maximum Gasteiger partial charge on any atom is 0.209 e. The van der Waals surface area contributed by atoms with E-state index in [0.717, 1.165) is 5.52 Å². The number of aromatic nitrogens is 3. The predicted molar refractivity (Wildman–Crippen MR) is 113 cm³/mol. The zero-order valence-electron chi connectivity index (χ0n) is 16.5. The lowest BCUT2D eigenvalue weighted by atomic mass is 9.93. The van der Waals surface area contributed by atoms with Crippen molar-refractivity contribution >= 4 is 21.8 Å². The second-order valence-electron chi connectivity index (χ2n) is 7.72. The Bertz CT molecular complexity index is 1400. The van der Waals surface area contributed by atoms with E-state index in [1.807, 2.05) is 0 Å². The van der Waals surface area contributed by atoms with Crippen molar-refractivity contribution in [3.8, 4) is 5.69 Å². The van der Waals surface area contributed by atoms with Crippen LogP contribution in [0.25, 0.3) is 27.5 Å². The van der Waals surface area contributed by atoms with Gasteiger partial charge in [0.1, 0.15) is 17.2 Å². The van der Waals surface area contributed by atoms with E-state index in [4.69, 9.17) is 0 Å². The van der Waals surface area contributed by atoms with Gasteiger partial charge in [0.15, 0.2) is 0 Å². The summed E-state index contributed by atoms with van der Waals surface area (Å²) in [6.07, 6.45) is 1.30. The van der Waals surface area contributed by atoms with Gasteiger partial charge in [-0.2, -0.15) is 5.10 Å². The molecule has 0 aliphatic carbocycles. The molecular weight excluding hydrogens is 403 g/mol. The molecule has 1 N–H and O–H groups in total. The van der Waals surface area contributed by atoms with Crippen molar-refractivity contribution in [2.75, 3.05) is 0 Å². The topological polar surface area (TPSA) is 43.0 Å². The molecule has 0 saturated heterocycles. The maximum atomic E-state index is 15.5. The first-order chi connectivity index (χ1) is 14.8. The highest BCUT2D eigenvalue weighted by atomic mass is 19.1. The van der Waals surface area contributed by atoms with Crippen LogP contribution < -0.4 is 0 Å². The average molecular weight is 421 g/mol. The fourth-order valence-electron chi connectivity index (χ4n) is 3.88. The van der Waals surface area contributed by atoms with Crippen LogP contribution in [0, 0.1) is 11.6 Å². The van der Waals surface area contributed by atoms with Gasteiger partial charge >= 0.3 is 0 Å². The van der Waals surface area contributed by atoms with Gasteiger partial charge in [0, 0.05) is 17.0 Å². The van der Waals surface area contributed by atoms with E-state index in [2.05, 4.69) is 5.10 Å². The summed E-state index contributed by atoms with van der Waals surface area (Å²) in [5, 5.41) is 16.7. The molecule has 2 heterocycles. The molecule has 0 radical (unpaired) electrons. The van der Waals surface area contributed by atoms with E-state index in [1.54, 1.807) is 47.3 Å². The number of hydrogen-bond donors (Lipinski definition) is 1. The van der Waals surface area contributed by atoms with E-state index in [9.17, 15) is 13.9 Å². The summed E-state index contributed by atoms with van der Waals surface area (Å²) in [4.78, 5) is 0. The molecule has 2 atom stereocenters. The number of benzene rings is 3. The van der Waals surface area contributed by atoms with Gasteiger partial charge in [-0.25, -0.2) is 17.9 Å². The number of rotatable bonds is 4. The van der Waals surface area contributed by atoms with Gasteiger partial charge in [0.2, 0.25) is 6.30 Å². The highest BCUT2D eigenvalue weighted by Crippen LogP contribution is 2.38. The first-order valence-electron chi connectivity index (χ1n) is 9.71. The molecule has 7 heteroatoms. The molecule has 4 nitrogen and oxygen atoms in total. The van der Waals surface area contributed by atoms with E-state index in [-0.39, 0.29) is 5.82 Å². The van der Waals surface area contributed by atoms with Gasteiger partial charge in [-0.15, -0.1) is 0 Å². The van der Waals surface area contributed by atoms with E-state index < -0.39 is 17.7 Å². The SMILES string of the molecule is CC(O)(c1ccc2c(cnn2-c2ccc(F)cc2)c1)C(F)n1ccc2cc(F)ccc21. The number of hydrogen-bond acceptors (Lipinski definition) is 2. The quantitative estimate of drug-likeness (QED) is 0.408. The van der Waals surface area contributed by atoms with Crippen LogP contribution in [-0.4, -0.2) is 19.5 Å². The van der Waals surface area contributed by atoms with Crippen molar-refractivity contribution in [1.82, 2.24) is 14.3 Å². The third-order valence-corrected chi connectivity index (χ3v) is 5.61. The fraction of sp³-hybridized carbons (Fsp3) is 0.125. The van der Waals surface area contributed by atoms with Crippen LogP contribution in [0.1, 0.15) is 18.8 Å². The Morgan fingerprint density at radius 3 is 2.35 bits per heavy atom. The van der Waals surface area contributed by atoms with Gasteiger partial charge in [0.25, 0.3) is 0 Å². The Morgan fingerprint density at radius 1 is 0.871 bits per heavy atom. The molecule has 0 aliphatic heterocycles. The Hall–Kier alpha value is -3.58. The van der Waals surface area contributed by atoms with Crippen LogP contribution in [0.5, 0.6) is 0 Å². The second kappa shape index (κ2) is 6.99. The van der Waals surface area contributed by atoms with Crippen LogP contribution in [0.15, 0.2) is 79.1 Å². The average Bonchev–Trinajstić information content (AvgIpc) is 3.37. The number of fused-ring (bicyclic) bond motifs is 2.